The average molecular weight is 404 g/mol. The number of sulfonamides is 1. The zero-order valence-corrected chi connectivity index (χ0v) is 17.2. The number of carbonyl (C=O) groups is 1. The Morgan fingerprint density at radius 1 is 1.15 bits per heavy atom. The van der Waals surface area contributed by atoms with E-state index in [4.69, 9.17) is 0 Å². The molecule has 0 aliphatic carbocycles. The van der Waals surface area contributed by atoms with Gasteiger partial charge in [-0.05, 0) is 56.2 Å². The molecule has 0 saturated carbocycles. The second kappa shape index (κ2) is 7.38. The van der Waals surface area contributed by atoms with Gasteiger partial charge < -0.3 is 5.32 Å². The Morgan fingerprint density at radius 3 is 2.63 bits per heavy atom. The summed E-state index contributed by atoms with van der Waals surface area (Å²) in [6.07, 6.45) is 0. The molecule has 6 nitrogen and oxygen atoms in total. The lowest BCUT2D eigenvalue weighted by molar-refractivity contribution is -0.116. The molecular weight excluding hydrogens is 382 g/mol. The van der Waals surface area contributed by atoms with Crippen molar-refractivity contribution in [1.82, 2.24) is 9.29 Å². The molecular formula is C19H21N3O3S2. The Labute approximate surface area is 162 Å². The number of hydrogen-bond donors (Lipinski definition) is 1. The van der Waals surface area contributed by atoms with E-state index in [1.165, 1.54) is 24.5 Å². The van der Waals surface area contributed by atoms with Gasteiger partial charge in [0.15, 0.2) is 0 Å². The van der Waals surface area contributed by atoms with E-state index in [0.29, 0.717) is 5.69 Å². The monoisotopic (exact) mass is 403 g/mol. The van der Waals surface area contributed by atoms with E-state index in [2.05, 4.69) is 10.3 Å². The largest absolute Gasteiger partial charge is 0.325 e. The average Bonchev–Trinajstić information content (AvgIpc) is 2.97. The van der Waals surface area contributed by atoms with Crippen molar-refractivity contribution in [2.24, 2.45) is 0 Å². The third-order valence-corrected chi connectivity index (χ3v) is 6.94. The van der Waals surface area contributed by atoms with Crippen LogP contribution in [0.25, 0.3) is 10.2 Å². The summed E-state index contributed by atoms with van der Waals surface area (Å²) < 4.78 is 27.5. The molecule has 27 heavy (non-hydrogen) atoms. The number of thiazole rings is 1. The van der Waals surface area contributed by atoms with Gasteiger partial charge in [0.25, 0.3) is 0 Å². The van der Waals surface area contributed by atoms with Crippen LogP contribution in [0.5, 0.6) is 0 Å². The molecule has 0 bridgehead atoms. The van der Waals surface area contributed by atoms with Crippen LogP contribution < -0.4 is 5.32 Å². The number of carbonyl (C=O) groups excluding carboxylic acids is 1. The summed E-state index contributed by atoms with van der Waals surface area (Å²) in [5, 5.41) is 3.66. The highest BCUT2D eigenvalue weighted by molar-refractivity contribution is 7.89. The van der Waals surface area contributed by atoms with Crippen LogP contribution in [0.3, 0.4) is 0 Å². The molecule has 0 unspecified atom stereocenters. The molecule has 142 valence electrons. The van der Waals surface area contributed by atoms with Crippen LogP contribution in [-0.4, -0.2) is 37.2 Å². The first kappa shape index (κ1) is 19.5. The van der Waals surface area contributed by atoms with Gasteiger partial charge in [-0.15, -0.1) is 11.3 Å². The number of aryl methyl sites for hydroxylation is 3. The second-order valence-electron chi connectivity index (χ2n) is 6.49. The van der Waals surface area contributed by atoms with Crippen molar-refractivity contribution in [2.45, 2.75) is 25.7 Å². The smallest absolute Gasteiger partial charge is 0.243 e. The van der Waals surface area contributed by atoms with Crippen LogP contribution in [0.2, 0.25) is 0 Å². The Morgan fingerprint density at radius 2 is 1.89 bits per heavy atom. The molecule has 0 atom stereocenters. The molecule has 0 fully saturated rings. The van der Waals surface area contributed by atoms with Gasteiger partial charge in [-0.3, -0.25) is 4.79 Å². The summed E-state index contributed by atoms with van der Waals surface area (Å²) in [5.41, 5.74) is 3.40. The van der Waals surface area contributed by atoms with Crippen molar-refractivity contribution < 1.29 is 13.2 Å². The molecule has 1 amide bonds. The van der Waals surface area contributed by atoms with E-state index in [1.54, 1.807) is 12.1 Å². The summed E-state index contributed by atoms with van der Waals surface area (Å²) >= 11 is 1.44. The topological polar surface area (TPSA) is 79.4 Å². The number of amides is 1. The van der Waals surface area contributed by atoms with Crippen LogP contribution in [-0.2, 0) is 14.8 Å². The normalized spacial score (nSPS) is 11.9. The van der Waals surface area contributed by atoms with Gasteiger partial charge in [0.2, 0.25) is 15.9 Å². The fourth-order valence-corrected chi connectivity index (χ4v) is 4.80. The van der Waals surface area contributed by atoms with Gasteiger partial charge in [0.1, 0.15) is 0 Å². The van der Waals surface area contributed by atoms with E-state index in [1.807, 2.05) is 39.0 Å². The van der Waals surface area contributed by atoms with Gasteiger partial charge in [-0.1, -0.05) is 12.1 Å². The number of benzene rings is 2. The van der Waals surface area contributed by atoms with Gasteiger partial charge in [-0.2, -0.15) is 4.31 Å². The minimum absolute atomic E-state index is 0.153. The summed E-state index contributed by atoms with van der Waals surface area (Å²) in [7, 11) is -2.37. The van der Waals surface area contributed by atoms with E-state index >= 15 is 0 Å². The first-order valence-electron chi connectivity index (χ1n) is 8.37. The number of nitrogens with one attached hydrogen (secondary N) is 1. The molecule has 0 saturated heterocycles. The number of hydrogen-bond acceptors (Lipinski definition) is 5. The first-order chi connectivity index (χ1) is 12.7. The molecule has 0 aliphatic rings. The van der Waals surface area contributed by atoms with Crippen molar-refractivity contribution >= 4 is 43.2 Å². The maximum atomic E-state index is 12.8. The highest BCUT2D eigenvalue weighted by Gasteiger charge is 2.24. The van der Waals surface area contributed by atoms with Crippen LogP contribution in [0.15, 0.2) is 41.3 Å². The third-order valence-electron chi connectivity index (χ3n) is 4.21. The highest BCUT2D eigenvalue weighted by atomic mass is 32.2. The SMILES string of the molecule is Cc1ccc(C)c(NC(=O)CN(C)S(=O)(=O)c2ccc3nc(C)sc3c2)c1. The Hall–Kier alpha value is -2.29. The highest BCUT2D eigenvalue weighted by Crippen LogP contribution is 2.26. The van der Waals surface area contributed by atoms with Crippen molar-refractivity contribution in [1.29, 1.82) is 0 Å². The van der Waals surface area contributed by atoms with E-state index < -0.39 is 10.0 Å². The predicted molar refractivity (Wildman–Crippen MR) is 109 cm³/mol. The Kier molecular flexibility index (Phi) is 5.32. The summed E-state index contributed by atoms with van der Waals surface area (Å²) in [6.45, 7) is 5.43. The molecule has 2 aromatic carbocycles. The number of fused-ring (bicyclic) bond motifs is 1. The lowest BCUT2D eigenvalue weighted by atomic mass is 10.1. The number of nitrogens with zero attached hydrogens (tertiary/aromatic N) is 2. The van der Waals surface area contributed by atoms with Crippen molar-refractivity contribution in [3.05, 3.63) is 52.5 Å². The molecule has 1 N–H and O–H groups in total. The molecule has 0 aliphatic heterocycles. The molecule has 8 heteroatoms. The number of anilines is 1. The van der Waals surface area contributed by atoms with E-state index in [0.717, 1.165) is 30.7 Å². The van der Waals surface area contributed by atoms with Crippen molar-refractivity contribution in [3.8, 4) is 0 Å². The summed E-state index contributed by atoms with van der Waals surface area (Å²) in [5.74, 6) is -0.385. The molecule has 3 rings (SSSR count). The molecule has 1 aromatic heterocycles. The van der Waals surface area contributed by atoms with Crippen LogP contribution >= 0.6 is 11.3 Å². The van der Waals surface area contributed by atoms with Gasteiger partial charge >= 0.3 is 0 Å². The number of rotatable bonds is 5. The van der Waals surface area contributed by atoms with E-state index in [9.17, 15) is 13.2 Å². The molecule has 0 radical (unpaired) electrons. The zero-order chi connectivity index (χ0) is 19.8. The third kappa shape index (κ3) is 4.18. The fraction of sp³-hybridized carbons (Fsp3) is 0.263. The first-order valence-corrected chi connectivity index (χ1v) is 10.6. The zero-order valence-electron chi connectivity index (χ0n) is 15.6. The fourth-order valence-electron chi connectivity index (χ4n) is 2.71. The Bertz CT molecular complexity index is 1120. The number of likely N-dealkylation sites (N-methyl/N-ethyl adjacent to an activating group) is 1. The van der Waals surface area contributed by atoms with Crippen molar-refractivity contribution in [3.63, 3.8) is 0 Å². The summed E-state index contributed by atoms with van der Waals surface area (Å²) in [6, 6.07) is 10.6. The Balaban J connectivity index is 1.77. The predicted octanol–water partition coefficient (Wildman–Crippen LogP) is 3.48. The molecule has 0 spiro atoms. The maximum absolute atomic E-state index is 12.8. The van der Waals surface area contributed by atoms with Gasteiger partial charge in [0, 0.05) is 12.7 Å². The minimum Gasteiger partial charge on any atom is -0.325 e. The van der Waals surface area contributed by atoms with Crippen molar-refractivity contribution in [2.75, 3.05) is 18.9 Å². The number of aromatic nitrogens is 1. The lowest BCUT2D eigenvalue weighted by Gasteiger charge is -2.17. The quantitative estimate of drug-likeness (QED) is 0.707. The second-order valence-corrected chi connectivity index (χ2v) is 9.77. The minimum atomic E-state index is -3.78. The van der Waals surface area contributed by atoms with Gasteiger partial charge in [0.05, 0.1) is 26.7 Å². The van der Waals surface area contributed by atoms with Gasteiger partial charge in [-0.25, -0.2) is 13.4 Å². The van der Waals surface area contributed by atoms with E-state index in [-0.39, 0.29) is 17.3 Å². The standard InChI is InChI=1S/C19H21N3O3S2/c1-12-5-6-13(2)17(9-12)21-19(23)11-22(4)27(24,25)15-7-8-16-18(10-15)26-14(3)20-16/h5-10H,11H2,1-4H3,(H,21,23). The van der Waals surface area contributed by atoms with Crippen LogP contribution in [0, 0.1) is 20.8 Å². The summed E-state index contributed by atoms with van der Waals surface area (Å²) in [4.78, 5) is 16.8. The lowest BCUT2D eigenvalue weighted by Crippen LogP contribution is -2.35. The maximum Gasteiger partial charge on any atom is 0.243 e. The van der Waals surface area contributed by atoms with Crippen LogP contribution in [0.4, 0.5) is 5.69 Å². The van der Waals surface area contributed by atoms with Crippen LogP contribution in [0.1, 0.15) is 16.1 Å². The molecule has 3 aromatic rings. The molecule has 1 heterocycles.